The van der Waals surface area contributed by atoms with Crippen LogP contribution < -0.4 is 11.1 Å². The molecule has 1 fully saturated rings. The van der Waals surface area contributed by atoms with E-state index in [-0.39, 0.29) is 6.04 Å². The maximum absolute atomic E-state index is 6.21. The molecule has 2 aromatic carbocycles. The highest BCUT2D eigenvalue weighted by molar-refractivity contribution is 5.71. The molecule has 32 heavy (non-hydrogen) atoms. The molecule has 6 nitrogen and oxygen atoms in total. The Kier molecular flexibility index (Phi) is 5.64. The molecule has 164 valence electrons. The van der Waals surface area contributed by atoms with Crippen molar-refractivity contribution in [2.24, 2.45) is 11.7 Å². The largest absolute Gasteiger partial charge is 0.341 e. The maximum atomic E-state index is 6.21. The minimum absolute atomic E-state index is 0.0816. The van der Waals surface area contributed by atoms with Gasteiger partial charge in [-0.15, -0.1) is 0 Å². The monoisotopic (exact) mass is 426 g/mol. The van der Waals surface area contributed by atoms with E-state index < -0.39 is 0 Å². The van der Waals surface area contributed by atoms with E-state index in [1.54, 1.807) is 0 Å². The van der Waals surface area contributed by atoms with Gasteiger partial charge in [0.25, 0.3) is 0 Å². The molecule has 3 heterocycles. The summed E-state index contributed by atoms with van der Waals surface area (Å²) in [7, 11) is 0. The Morgan fingerprint density at radius 3 is 1.94 bits per heavy atom. The molecule has 0 saturated carbocycles. The second-order valence-corrected chi connectivity index (χ2v) is 8.94. The minimum atomic E-state index is -0.0816. The van der Waals surface area contributed by atoms with E-state index in [4.69, 9.17) is 5.73 Å². The highest BCUT2D eigenvalue weighted by atomic mass is 15.0. The van der Waals surface area contributed by atoms with Crippen LogP contribution in [0, 0.1) is 5.92 Å². The summed E-state index contributed by atoms with van der Waals surface area (Å²) in [6.45, 7) is 5.28. The summed E-state index contributed by atoms with van der Waals surface area (Å²) in [6, 6.07) is 17.4. The molecule has 5 N–H and O–H groups in total. The lowest BCUT2D eigenvalue weighted by atomic mass is 10.0. The van der Waals surface area contributed by atoms with E-state index in [0.29, 0.717) is 12.0 Å². The van der Waals surface area contributed by atoms with E-state index in [1.165, 1.54) is 17.5 Å². The van der Waals surface area contributed by atoms with E-state index in [1.807, 2.05) is 12.4 Å². The number of hydrogen-bond donors (Lipinski definition) is 4. The first-order valence-electron chi connectivity index (χ1n) is 11.4. The molecular formula is C26H30N6. The zero-order valence-corrected chi connectivity index (χ0v) is 18.6. The zero-order valence-electron chi connectivity index (χ0n) is 18.6. The Bertz CT molecular complexity index is 1080. The van der Waals surface area contributed by atoms with Gasteiger partial charge in [0, 0.05) is 0 Å². The van der Waals surface area contributed by atoms with Gasteiger partial charge >= 0.3 is 0 Å². The van der Waals surface area contributed by atoms with Gasteiger partial charge in [0.2, 0.25) is 0 Å². The summed E-state index contributed by atoms with van der Waals surface area (Å²) in [5, 5.41) is 3.49. The average Bonchev–Trinajstić information content (AvgIpc) is 3.60. The predicted molar refractivity (Wildman–Crippen MR) is 129 cm³/mol. The van der Waals surface area contributed by atoms with Gasteiger partial charge < -0.3 is 21.0 Å². The van der Waals surface area contributed by atoms with Crippen molar-refractivity contribution in [1.82, 2.24) is 25.3 Å². The first-order valence-corrected chi connectivity index (χ1v) is 11.4. The molecular weight excluding hydrogens is 396 g/mol. The number of H-pyrrole nitrogens is 2. The molecule has 0 amide bonds. The van der Waals surface area contributed by atoms with Crippen LogP contribution in [0.4, 0.5) is 0 Å². The van der Waals surface area contributed by atoms with Gasteiger partial charge in [-0.25, -0.2) is 9.97 Å². The average molecular weight is 427 g/mol. The molecule has 1 aliphatic heterocycles. The third-order valence-electron chi connectivity index (χ3n) is 6.34. The van der Waals surface area contributed by atoms with Crippen molar-refractivity contribution in [3.05, 3.63) is 72.6 Å². The summed E-state index contributed by atoms with van der Waals surface area (Å²) < 4.78 is 0. The summed E-state index contributed by atoms with van der Waals surface area (Å²) in [6.07, 6.45) is 6.15. The number of nitrogens with two attached hydrogens (primary N) is 1. The van der Waals surface area contributed by atoms with E-state index >= 15 is 0 Å². The lowest BCUT2D eigenvalue weighted by Gasteiger charge is -2.12. The summed E-state index contributed by atoms with van der Waals surface area (Å²) in [5.74, 6) is 2.21. The Hall–Kier alpha value is -3.22. The molecule has 2 atom stereocenters. The van der Waals surface area contributed by atoms with Crippen molar-refractivity contribution < 1.29 is 0 Å². The standard InChI is InChI=1S/C26H30N6/c1-16(2)24(27)26-30-15-23(32-26)20-11-7-18(8-12-20)17-5-9-19(10-6-17)22-14-29-25(31-22)21-4-3-13-28-21/h5-12,14-16,21,24,28H,3-4,13,27H2,1-2H3,(H,29,31)(H,30,32)/t21?,24-/m0/s1. The Labute approximate surface area is 188 Å². The summed E-state index contributed by atoms with van der Waals surface area (Å²) in [4.78, 5) is 15.9. The van der Waals surface area contributed by atoms with Gasteiger partial charge in [0.05, 0.1) is 35.9 Å². The van der Waals surface area contributed by atoms with Crippen molar-refractivity contribution in [3.63, 3.8) is 0 Å². The fraction of sp³-hybridized carbons (Fsp3) is 0.308. The highest BCUT2D eigenvalue weighted by Gasteiger charge is 2.19. The van der Waals surface area contributed by atoms with Crippen molar-refractivity contribution in [3.8, 4) is 33.6 Å². The number of aromatic amines is 2. The SMILES string of the molecule is CC(C)[C@H](N)c1ncc(-c2ccc(-c3ccc(-c4cnc(C5CCCN5)[nH]4)cc3)cc2)[nH]1. The van der Waals surface area contributed by atoms with Crippen LogP contribution in [0.25, 0.3) is 33.6 Å². The van der Waals surface area contributed by atoms with E-state index in [0.717, 1.165) is 47.1 Å². The molecule has 2 aromatic heterocycles. The lowest BCUT2D eigenvalue weighted by molar-refractivity contribution is 0.494. The molecule has 6 heteroatoms. The number of nitrogens with zero attached hydrogens (tertiary/aromatic N) is 2. The quantitative estimate of drug-likeness (QED) is 0.340. The second-order valence-electron chi connectivity index (χ2n) is 8.94. The Morgan fingerprint density at radius 1 is 0.812 bits per heavy atom. The van der Waals surface area contributed by atoms with Gasteiger partial charge in [0.15, 0.2) is 0 Å². The van der Waals surface area contributed by atoms with Crippen molar-refractivity contribution in [2.75, 3.05) is 6.54 Å². The molecule has 1 saturated heterocycles. The third kappa shape index (κ3) is 4.11. The third-order valence-corrected chi connectivity index (χ3v) is 6.34. The van der Waals surface area contributed by atoms with Crippen molar-refractivity contribution in [2.45, 2.75) is 38.8 Å². The van der Waals surface area contributed by atoms with Gasteiger partial charge in [0.1, 0.15) is 11.6 Å². The fourth-order valence-electron chi connectivity index (χ4n) is 4.23. The molecule has 0 aliphatic carbocycles. The van der Waals surface area contributed by atoms with Crippen LogP contribution in [0.2, 0.25) is 0 Å². The number of imidazole rings is 2. The molecule has 5 rings (SSSR count). The second kappa shape index (κ2) is 8.73. The van der Waals surface area contributed by atoms with Crippen molar-refractivity contribution in [1.29, 1.82) is 0 Å². The van der Waals surface area contributed by atoms with Crippen LogP contribution in [0.5, 0.6) is 0 Å². The van der Waals surface area contributed by atoms with Crippen LogP contribution >= 0.6 is 0 Å². The van der Waals surface area contributed by atoms with E-state index in [2.05, 4.69) is 87.6 Å². The number of nitrogens with one attached hydrogen (secondary N) is 3. The number of hydrogen-bond acceptors (Lipinski definition) is 4. The highest BCUT2D eigenvalue weighted by Crippen LogP contribution is 2.28. The molecule has 0 radical (unpaired) electrons. The number of aromatic nitrogens is 4. The molecule has 1 aliphatic rings. The smallest absolute Gasteiger partial charge is 0.123 e. The lowest BCUT2D eigenvalue weighted by Crippen LogP contribution is -2.18. The van der Waals surface area contributed by atoms with E-state index in [9.17, 15) is 0 Å². The predicted octanol–water partition coefficient (Wildman–Crippen LogP) is 5.21. The zero-order chi connectivity index (χ0) is 22.1. The number of benzene rings is 2. The molecule has 0 bridgehead atoms. The topological polar surface area (TPSA) is 95.4 Å². The van der Waals surface area contributed by atoms with Crippen LogP contribution in [0.15, 0.2) is 60.9 Å². The summed E-state index contributed by atoms with van der Waals surface area (Å²) >= 11 is 0. The van der Waals surface area contributed by atoms with Crippen LogP contribution in [-0.2, 0) is 0 Å². The molecule has 0 spiro atoms. The van der Waals surface area contributed by atoms with Crippen LogP contribution in [-0.4, -0.2) is 26.5 Å². The van der Waals surface area contributed by atoms with Gasteiger partial charge in [-0.3, -0.25) is 0 Å². The van der Waals surface area contributed by atoms with Crippen molar-refractivity contribution >= 4 is 0 Å². The first-order chi connectivity index (χ1) is 15.6. The Balaban J connectivity index is 1.30. The van der Waals surface area contributed by atoms with Crippen LogP contribution in [0.1, 0.15) is 50.4 Å². The number of rotatable bonds is 6. The van der Waals surface area contributed by atoms with Crippen LogP contribution in [0.3, 0.4) is 0 Å². The Morgan fingerprint density at radius 2 is 1.38 bits per heavy atom. The molecule has 1 unspecified atom stereocenters. The normalized spacial score (nSPS) is 17.2. The van der Waals surface area contributed by atoms with Gasteiger partial charge in [-0.1, -0.05) is 62.4 Å². The fourth-order valence-corrected chi connectivity index (χ4v) is 4.23. The minimum Gasteiger partial charge on any atom is -0.341 e. The molecule has 4 aromatic rings. The van der Waals surface area contributed by atoms with Gasteiger partial charge in [-0.05, 0) is 47.6 Å². The van der Waals surface area contributed by atoms with Gasteiger partial charge in [-0.2, -0.15) is 0 Å². The summed E-state index contributed by atoms with van der Waals surface area (Å²) in [5.41, 5.74) is 12.9. The maximum Gasteiger partial charge on any atom is 0.123 e. The first kappa shape index (κ1) is 20.7.